The minimum absolute atomic E-state index is 0.00740. The van der Waals surface area contributed by atoms with Crippen LogP contribution in [0.1, 0.15) is 19.5 Å². The average molecular weight is 274 g/mol. The van der Waals surface area contributed by atoms with Crippen molar-refractivity contribution in [1.82, 2.24) is 10.5 Å². The molecule has 0 saturated heterocycles. The van der Waals surface area contributed by atoms with E-state index in [4.69, 9.17) is 9.63 Å². The van der Waals surface area contributed by atoms with Gasteiger partial charge in [-0.2, -0.15) is 0 Å². The standard InChI is InChI=1S/C15H18N2O3/c1-10(2)14(15(18)19)16-9-12-8-13(20-17-12)11-6-4-3-5-7-11/h3-8,10,14,16H,9H2,1-2H3,(H,18,19). The van der Waals surface area contributed by atoms with Crippen LogP contribution >= 0.6 is 0 Å². The summed E-state index contributed by atoms with van der Waals surface area (Å²) in [7, 11) is 0. The van der Waals surface area contributed by atoms with Crippen LogP contribution in [0.25, 0.3) is 11.3 Å². The molecule has 1 aromatic carbocycles. The van der Waals surface area contributed by atoms with Crippen LogP contribution in [-0.2, 0) is 11.3 Å². The maximum atomic E-state index is 11.1. The van der Waals surface area contributed by atoms with Crippen LogP contribution in [0, 0.1) is 5.92 Å². The van der Waals surface area contributed by atoms with Gasteiger partial charge in [-0.25, -0.2) is 0 Å². The second-order valence-electron chi connectivity index (χ2n) is 4.99. The van der Waals surface area contributed by atoms with Crippen molar-refractivity contribution in [2.45, 2.75) is 26.4 Å². The molecule has 0 aliphatic heterocycles. The largest absolute Gasteiger partial charge is 0.480 e. The van der Waals surface area contributed by atoms with E-state index in [0.717, 1.165) is 5.56 Å². The van der Waals surface area contributed by atoms with Gasteiger partial charge in [-0.3, -0.25) is 10.1 Å². The van der Waals surface area contributed by atoms with Gasteiger partial charge in [-0.05, 0) is 5.92 Å². The first-order valence-corrected chi connectivity index (χ1v) is 6.55. The number of hydrogen-bond donors (Lipinski definition) is 2. The number of aromatic nitrogens is 1. The maximum Gasteiger partial charge on any atom is 0.320 e. The Hall–Kier alpha value is -2.14. The quantitative estimate of drug-likeness (QED) is 0.846. The highest BCUT2D eigenvalue weighted by atomic mass is 16.5. The van der Waals surface area contributed by atoms with Gasteiger partial charge in [0.15, 0.2) is 5.76 Å². The molecule has 2 rings (SSSR count). The van der Waals surface area contributed by atoms with Gasteiger partial charge in [-0.15, -0.1) is 0 Å². The van der Waals surface area contributed by atoms with Crippen LogP contribution in [0.5, 0.6) is 0 Å². The van der Waals surface area contributed by atoms with Crippen molar-refractivity contribution in [2.75, 3.05) is 0 Å². The fourth-order valence-electron chi connectivity index (χ4n) is 1.96. The number of benzene rings is 1. The number of rotatable bonds is 6. The van der Waals surface area contributed by atoms with E-state index in [0.29, 0.717) is 18.0 Å². The van der Waals surface area contributed by atoms with Crippen LogP contribution in [-0.4, -0.2) is 22.3 Å². The van der Waals surface area contributed by atoms with E-state index in [2.05, 4.69) is 10.5 Å². The third-order valence-electron chi connectivity index (χ3n) is 3.05. The minimum Gasteiger partial charge on any atom is -0.480 e. The first-order chi connectivity index (χ1) is 9.58. The Balaban J connectivity index is 2.02. The highest BCUT2D eigenvalue weighted by molar-refractivity contribution is 5.73. The van der Waals surface area contributed by atoms with Crippen molar-refractivity contribution in [3.05, 3.63) is 42.1 Å². The van der Waals surface area contributed by atoms with Crippen molar-refractivity contribution in [3.8, 4) is 11.3 Å². The molecule has 0 aliphatic carbocycles. The van der Waals surface area contributed by atoms with Crippen LogP contribution in [0.4, 0.5) is 0 Å². The summed E-state index contributed by atoms with van der Waals surface area (Å²) in [4.78, 5) is 11.1. The van der Waals surface area contributed by atoms with Crippen molar-refractivity contribution in [1.29, 1.82) is 0 Å². The highest BCUT2D eigenvalue weighted by Gasteiger charge is 2.21. The molecule has 0 aliphatic rings. The van der Waals surface area contributed by atoms with E-state index < -0.39 is 12.0 Å². The number of carbonyl (C=O) groups is 1. The SMILES string of the molecule is CC(C)C(NCc1cc(-c2ccccc2)on1)C(=O)O. The molecule has 0 saturated carbocycles. The smallest absolute Gasteiger partial charge is 0.320 e. The number of hydrogen-bond acceptors (Lipinski definition) is 4. The number of carboxylic acids is 1. The first kappa shape index (κ1) is 14.3. The first-order valence-electron chi connectivity index (χ1n) is 6.55. The average Bonchev–Trinajstić information content (AvgIpc) is 2.88. The lowest BCUT2D eigenvalue weighted by Crippen LogP contribution is -2.40. The van der Waals surface area contributed by atoms with Crippen LogP contribution < -0.4 is 5.32 Å². The molecule has 1 unspecified atom stereocenters. The van der Waals surface area contributed by atoms with Gasteiger partial charge in [0.25, 0.3) is 0 Å². The van der Waals surface area contributed by atoms with E-state index in [1.54, 1.807) is 0 Å². The minimum atomic E-state index is -0.855. The molecule has 5 nitrogen and oxygen atoms in total. The molecule has 0 amide bonds. The Morgan fingerprint density at radius 1 is 1.35 bits per heavy atom. The van der Waals surface area contributed by atoms with E-state index in [1.807, 2.05) is 50.2 Å². The Morgan fingerprint density at radius 3 is 2.65 bits per heavy atom. The van der Waals surface area contributed by atoms with Crippen molar-refractivity contribution < 1.29 is 14.4 Å². The second-order valence-corrected chi connectivity index (χ2v) is 4.99. The predicted octanol–water partition coefficient (Wildman–Crippen LogP) is 2.54. The van der Waals surface area contributed by atoms with Gasteiger partial charge >= 0.3 is 5.97 Å². The fourth-order valence-corrected chi connectivity index (χ4v) is 1.96. The molecule has 0 fully saturated rings. The van der Waals surface area contributed by atoms with Gasteiger partial charge in [0.2, 0.25) is 0 Å². The number of nitrogens with zero attached hydrogens (tertiary/aromatic N) is 1. The van der Waals surface area contributed by atoms with E-state index in [9.17, 15) is 4.79 Å². The lowest BCUT2D eigenvalue weighted by molar-refractivity contribution is -0.140. The molecule has 1 aromatic heterocycles. The summed E-state index contributed by atoms with van der Waals surface area (Å²) in [5, 5.41) is 16.0. The molecule has 2 N–H and O–H groups in total. The zero-order valence-corrected chi connectivity index (χ0v) is 11.5. The monoisotopic (exact) mass is 274 g/mol. The predicted molar refractivity (Wildman–Crippen MR) is 75.0 cm³/mol. The third kappa shape index (κ3) is 3.45. The van der Waals surface area contributed by atoms with Crippen molar-refractivity contribution in [2.24, 2.45) is 5.92 Å². The van der Waals surface area contributed by atoms with Gasteiger partial charge in [-0.1, -0.05) is 49.3 Å². The van der Waals surface area contributed by atoms with Gasteiger partial charge < -0.3 is 9.63 Å². The molecule has 0 radical (unpaired) electrons. The van der Waals surface area contributed by atoms with E-state index >= 15 is 0 Å². The number of carboxylic acid groups (broad SMARTS) is 1. The summed E-state index contributed by atoms with van der Waals surface area (Å²) in [6, 6.07) is 10.9. The van der Waals surface area contributed by atoms with Gasteiger partial charge in [0.1, 0.15) is 6.04 Å². The molecule has 1 heterocycles. The zero-order chi connectivity index (χ0) is 14.5. The summed E-state index contributed by atoms with van der Waals surface area (Å²) in [5.41, 5.74) is 1.64. The molecule has 5 heteroatoms. The maximum absolute atomic E-state index is 11.1. The Labute approximate surface area is 117 Å². The molecular weight excluding hydrogens is 256 g/mol. The highest BCUT2D eigenvalue weighted by Crippen LogP contribution is 2.19. The molecule has 106 valence electrons. The lowest BCUT2D eigenvalue weighted by atomic mass is 10.0. The summed E-state index contributed by atoms with van der Waals surface area (Å²) >= 11 is 0. The lowest BCUT2D eigenvalue weighted by Gasteiger charge is -2.16. The van der Waals surface area contributed by atoms with Crippen LogP contribution in [0.15, 0.2) is 40.9 Å². The second kappa shape index (κ2) is 6.34. The summed E-state index contributed by atoms with van der Waals surface area (Å²) in [6.45, 7) is 4.10. The Morgan fingerprint density at radius 2 is 2.05 bits per heavy atom. The van der Waals surface area contributed by atoms with Crippen LogP contribution in [0.3, 0.4) is 0 Å². The normalized spacial score (nSPS) is 12.6. The topological polar surface area (TPSA) is 75.4 Å². The molecule has 0 spiro atoms. The van der Waals surface area contributed by atoms with E-state index in [-0.39, 0.29) is 5.92 Å². The van der Waals surface area contributed by atoms with Crippen molar-refractivity contribution >= 4 is 5.97 Å². The molecular formula is C15H18N2O3. The molecule has 1 atom stereocenters. The summed E-state index contributed by atoms with van der Waals surface area (Å²) < 4.78 is 5.27. The fraction of sp³-hybridized carbons (Fsp3) is 0.333. The van der Waals surface area contributed by atoms with Gasteiger partial charge in [0, 0.05) is 18.2 Å². The van der Waals surface area contributed by atoms with Crippen molar-refractivity contribution in [3.63, 3.8) is 0 Å². The molecule has 20 heavy (non-hydrogen) atoms. The summed E-state index contributed by atoms with van der Waals surface area (Å²) in [5.74, 6) is -0.168. The van der Waals surface area contributed by atoms with Gasteiger partial charge in [0.05, 0.1) is 5.69 Å². The molecule has 0 bridgehead atoms. The number of aliphatic carboxylic acids is 1. The zero-order valence-electron chi connectivity index (χ0n) is 11.5. The van der Waals surface area contributed by atoms with Crippen LogP contribution in [0.2, 0.25) is 0 Å². The Kier molecular flexibility index (Phi) is 4.53. The third-order valence-corrected chi connectivity index (χ3v) is 3.05. The van der Waals surface area contributed by atoms with E-state index in [1.165, 1.54) is 0 Å². The summed E-state index contributed by atoms with van der Waals surface area (Å²) in [6.07, 6.45) is 0. The Bertz CT molecular complexity index is 564. The molecule has 2 aromatic rings. The number of nitrogens with one attached hydrogen (secondary N) is 1.